The zero-order valence-electron chi connectivity index (χ0n) is 10.1. The van der Waals surface area contributed by atoms with Crippen molar-refractivity contribution in [3.8, 4) is 11.1 Å². The normalized spacial score (nSPS) is 12.8. The SMILES string of the molecule is CC(N)c1ccc(-c2cnn3cccnc23)cc1. The van der Waals surface area contributed by atoms with Crippen molar-refractivity contribution in [3.63, 3.8) is 0 Å². The summed E-state index contributed by atoms with van der Waals surface area (Å²) in [6.45, 7) is 1.98. The van der Waals surface area contributed by atoms with Gasteiger partial charge in [-0.15, -0.1) is 0 Å². The lowest BCUT2D eigenvalue weighted by Gasteiger charge is -2.06. The van der Waals surface area contributed by atoms with Crippen LogP contribution in [0.2, 0.25) is 0 Å². The maximum absolute atomic E-state index is 5.84. The third kappa shape index (κ3) is 1.76. The highest BCUT2D eigenvalue weighted by Gasteiger charge is 2.07. The van der Waals surface area contributed by atoms with Crippen molar-refractivity contribution in [3.05, 3.63) is 54.5 Å². The molecular formula is C14H14N4. The molecule has 0 radical (unpaired) electrons. The van der Waals surface area contributed by atoms with Gasteiger partial charge in [-0.3, -0.25) is 0 Å². The molecule has 2 N–H and O–H groups in total. The summed E-state index contributed by atoms with van der Waals surface area (Å²) in [4.78, 5) is 4.35. The van der Waals surface area contributed by atoms with Crippen LogP contribution in [0.15, 0.2) is 48.9 Å². The van der Waals surface area contributed by atoms with Crippen molar-refractivity contribution in [1.29, 1.82) is 0 Å². The van der Waals surface area contributed by atoms with Crippen molar-refractivity contribution >= 4 is 5.65 Å². The Kier molecular flexibility index (Phi) is 2.57. The van der Waals surface area contributed by atoms with Gasteiger partial charge in [0.25, 0.3) is 0 Å². The summed E-state index contributed by atoms with van der Waals surface area (Å²) in [7, 11) is 0. The number of hydrogen-bond acceptors (Lipinski definition) is 3. The lowest BCUT2D eigenvalue weighted by molar-refractivity contribution is 0.818. The van der Waals surface area contributed by atoms with Gasteiger partial charge in [0.2, 0.25) is 0 Å². The van der Waals surface area contributed by atoms with E-state index in [0.29, 0.717) is 0 Å². The van der Waals surface area contributed by atoms with E-state index >= 15 is 0 Å². The summed E-state index contributed by atoms with van der Waals surface area (Å²) in [5.74, 6) is 0. The largest absolute Gasteiger partial charge is 0.324 e. The molecule has 3 rings (SSSR count). The van der Waals surface area contributed by atoms with E-state index in [1.54, 1.807) is 10.7 Å². The van der Waals surface area contributed by atoms with Crippen LogP contribution < -0.4 is 5.73 Å². The first-order valence-electron chi connectivity index (χ1n) is 5.90. The molecule has 0 saturated carbocycles. The molecule has 18 heavy (non-hydrogen) atoms. The Bertz CT molecular complexity index is 668. The van der Waals surface area contributed by atoms with Gasteiger partial charge in [-0.25, -0.2) is 9.50 Å². The Labute approximate surface area is 105 Å². The Hall–Kier alpha value is -2.20. The van der Waals surface area contributed by atoms with E-state index in [1.807, 2.05) is 37.5 Å². The molecule has 1 unspecified atom stereocenters. The second-order valence-electron chi connectivity index (χ2n) is 4.36. The minimum atomic E-state index is 0.0566. The molecule has 0 bridgehead atoms. The third-order valence-electron chi connectivity index (χ3n) is 3.03. The monoisotopic (exact) mass is 238 g/mol. The quantitative estimate of drug-likeness (QED) is 0.746. The Morgan fingerprint density at radius 3 is 2.72 bits per heavy atom. The van der Waals surface area contributed by atoms with Crippen LogP contribution in [-0.2, 0) is 0 Å². The van der Waals surface area contributed by atoms with Gasteiger partial charge in [0, 0.05) is 24.0 Å². The fourth-order valence-corrected chi connectivity index (χ4v) is 2.00. The van der Waals surface area contributed by atoms with E-state index in [4.69, 9.17) is 5.73 Å². The lowest BCUT2D eigenvalue weighted by Crippen LogP contribution is -2.04. The molecule has 0 spiro atoms. The molecule has 0 aliphatic carbocycles. The van der Waals surface area contributed by atoms with Gasteiger partial charge in [0.05, 0.1) is 6.20 Å². The molecule has 0 amide bonds. The fraction of sp³-hybridized carbons (Fsp3) is 0.143. The van der Waals surface area contributed by atoms with Gasteiger partial charge >= 0.3 is 0 Å². The van der Waals surface area contributed by atoms with Crippen molar-refractivity contribution in [2.75, 3.05) is 0 Å². The predicted molar refractivity (Wildman–Crippen MR) is 71.0 cm³/mol. The second-order valence-corrected chi connectivity index (χ2v) is 4.36. The highest BCUT2D eigenvalue weighted by Crippen LogP contribution is 2.24. The van der Waals surface area contributed by atoms with Crippen LogP contribution in [0.25, 0.3) is 16.8 Å². The highest BCUT2D eigenvalue weighted by atomic mass is 15.2. The van der Waals surface area contributed by atoms with E-state index in [0.717, 1.165) is 22.3 Å². The van der Waals surface area contributed by atoms with Crippen molar-refractivity contribution in [2.45, 2.75) is 13.0 Å². The summed E-state index contributed by atoms with van der Waals surface area (Å²) < 4.78 is 1.77. The van der Waals surface area contributed by atoms with Crippen LogP contribution in [0.1, 0.15) is 18.5 Å². The third-order valence-corrected chi connectivity index (χ3v) is 3.03. The van der Waals surface area contributed by atoms with Crippen molar-refractivity contribution in [2.24, 2.45) is 5.73 Å². The number of nitrogens with two attached hydrogens (primary N) is 1. The molecule has 0 fully saturated rings. The summed E-state index contributed by atoms with van der Waals surface area (Å²) in [5.41, 5.74) is 9.98. The van der Waals surface area contributed by atoms with E-state index in [1.165, 1.54) is 0 Å². The van der Waals surface area contributed by atoms with E-state index in [2.05, 4.69) is 22.2 Å². The molecule has 0 aliphatic heterocycles. The number of nitrogens with zero attached hydrogens (tertiary/aromatic N) is 3. The van der Waals surface area contributed by atoms with Crippen LogP contribution >= 0.6 is 0 Å². The van der Waals surface area contributed by atoms with Crippen LogP contribution in [0.4, 0.5) is 0 Å². The smallest absolute Gasteiger partial charge is 0.162 e. The molecule has 0 saturated heterocycles. The van der Waals surface area contributed by atoms with Gasteiger partial charge in [0.1, 0.15) is 0 Å². The number of rotatable bonds is 2. The van der Waals surface area contributed by atoms with Crippen LogP contribution in [0, 0.1) is 0 Å². The molecule has 1 atom stereocenters. The Morgan fingerprint density at radius 2 is 2.00 bits per heavy atom. The van der Waals surface area contributed by atoms with Gasteiger partial charge in [-0.1, -0.05) is 24.3 Å². The maximum Gasteiger partial charge on any atom is 0.162 e. The van der Waals surface area contributed by atoms with Gasteiger partial charge < -0.3 is 5.73 Å². The fourth-order valence-electron chi connectivity index (χ4n) is 2.00. The topological polar surface area (TPSA) is 56.2 Å². The average molecular weight is 238 g/mol. The highest BCUT2D eigenvalue weighted by molar-refractivity contribution is 5.76. The lowest BCUT2D eigenvalue weighted by atomic mass is 10.0. The first kappa shape index (κ1) is 10.9. The molecule has 2 heterocycles. The maximum atomic E-state index is 5.84. The molecule has 0 aliphatic rings. The van der Waals surface area contributed by atoms with Crippen LogP contribution in [0.5, 0.6) is 0 Å². The van der Waals surface area contributed by atoms with Gasteiger partial charge in [-0.05, 0) is 24.1 Å². The van der Waals surface area contributed by atoms with Crippen LogP contribution in [0.3, 0.4) is 0 Å². The molecule has 4 nitrogen and oxygen atoms in total. The average Bonchev–Trinajstić information content (AvgIpc) is 2.82. The summed E-state index contributed by atoms with van der Waals surface area (Å²) in [5, 5.41) is 4.28. The Balaban J connectivity index is 2.09. The number of hydrogen-bond donors (Lipinski definition) is 1. The molecule has 3 aromatic rings. The molecule has 4 heteroatoms. The second kappa shape index (κ2) is 4.23. The van der Waals surface area contributed by atoms with E-state index in [9.17, 15) is 0 Å². The summed E-state index contributed by atoms with van der Waals surface area (Å²) in [6, 6.07) is 10.1. The first-order valence-corrected chi connectivity index (χ1v) is 5.90. The van der Waals surface area contributed by atoms with E-state index in [-0.39, 0.29) is 6.04 Å². The standard InChI is InChI=1S/C14H14N4/c1-10(15)11-3-5-12(6-4-11)13-9-17-18-8-2-7-16-14(13)18/h2-10H,15H2,1H3. The molecule has 1 aromatic carbocycles. The minimum Gasteiger partial charge on any atom is -0.324 e. The summed E-state index contributed by atoms with van der Waals surface area (Å²) >= 11 is 0. The zero-order valence-corrected chi connectivity index (χ0v) is 10.1. The molecular weight excluding hydrogens is 224 g/mol. The number of fused-ring (bicyclic) bond motifs is 1. The van der Waals surface area contributed by atoms with Crippen molar-refractivity contribution < 1.29 is 0 Å². The summed E-state index contributed by atoms with van der Waals surface area (Å²) in [6.07, 6.45) is 5.50. The zero-order chi connectivity index (χ0) is 12.5. The van der Waals surface area contributed by atoms with Gasteiger partial charge in [-0.2, -0.15) is 5.10 Å². The minimum absolute atomic E-state index is 0.0566. The van der Waals surface area contributed by atoms with Crippen LogP contribution in [-0.4, -0.2) is 14.6 Å². The Morgan fingerprint density at radius 1 is 1.22 bits per heavy atom. The first-order chi connectivity index (χ1) is 8.75. The predicted octanol–water partition coefficient (Wildman–Crippen LogP) is 2.42. The van der Waals surface area contributed by atoms with E-state index < -0.39 is 0 Å². The number of benzene rings is 1. The molecule has 2 aromatic heterocycles. The van der Waals surface area contributed by atoms with Gasteiger partial charge in [0.15, 0.2) is 5.65 Å². The van der Waals surface area contributed by atoms with Crippen molar-refractivity contribution in [1.82, 2.24) is 14.6 Å². The molecule has 90 valence electrons. The number of aromatic nitrogens is 3.